The van der Waals surface area contributed by atoms with Crippen LogP contribution >= 0.6 is 15.9 Å². The van der Waals surface area contributed by atoms with Crippen LogP contribution in [0.4, 0.5) is 10.1 Å². The predicted octanol–water partition coefficient (Wildman–Crippen LogP) is 2.91. The lowest BCUT2D eigenvalue weighted by Crippen LogP contribution is -2.14. The van der Waals surface area contributed by atoms with Crippen LogP contribution in [-0.2, 0) is 16.6 Å². The van der Waals surface area contributed by atoms with Gasteiger partial charge in [-0.15, -0.1) is 0 Å². The van der Waals surface area contributed by atoms with Gasteiger partial charge in [0.15, 0.2) is 5.03 Å². The first-order valence-corrected chi connectivity index (χ1v) is 8.12. The lowest BCUT2D eigenvalue weighted by molar-refractivity contribution is 0.595. The molecule has 0 saturated heterocycles. The van der Waals surface area contributed by atoms with E-state index in [0.29, 0.717) is 16.8 Å². The maximum atomic E-state index is 13.7. The van der Waals surface area contributed by atoms with E-state index in [4.69, 9.17) is 0 Å². The molecule has 1 aromatic heterocycles. The quantitative estimate of drug-likeness (QED) is 0.910. The highest BCUT2D eigenvalue weighted by molar-refractivity contribution is 9.10. The average Bonchev–Trinajstić information content (AvgIpc) is 2.75. The van der Waals surface area contributed by atoms with Crippen molar-refractivity contribution in [3.63, 3.8) is 0 Å². The van der Waals surface area contributed by atoms with E-state index in [1.807, 2.05) is 6.92 Å². The number of nitrogens with zero attached hydrogens (tertiary/aromatic N) is 2. The number of benzene rings is 1. The SMILES string of the molecule is CCn1cc(S(=O)(=O)Nc2ccc(Br)cc2F)nc1C. The minimum absolute atomic E-state index is 0.114. The van der Waals surface area contributed by atoms with E-state index in [1.165, 1.54) is 18.3 Å². The van der Waals surface area contributed by atoms with Crippen LogP contribution in [0.2, 0.25) is 0 Å². The van der Waals surface area contributed by atoms with Gasteiger partial charge in [-0.1, -0.05) is 15.9 Å². The fourth-order valence-electron chi connectivity index (χ4n) is 1.70. The van der Waals surface area contributed by atoms with Crippen LogP contribution in [0.1, 0.15) is 12.7 Å². The first-order valence-electron chi connectivity index (χ1n) is 5.85. The molecule has 0 saturated carbocycles. The Morgan fingerprint density at radius 1 is 1.45 bits per heavy atom. The Morgan fingerprint density at radius 2 is 2.15 bits per heavy atom. The fraction of sp³-hybridized carbons (Fsp3) is 0.250. The largest absolute Gasteiger partial charge is 0.334 e. The van der Waals surface area contributed by atoms with E-state index in [0.717, 1.165) is 0 Å². The Morgan fingerprint density at radius 3 is 2.70 bits per heavy atom. The number of aryl methyl sites for hydroxylation is 2. The summed E-state index contributed by atoms with van der Waals surface area (Å²) in [6, 6.07) is 4.09. The Balaban J connectivity index is 2.35. The van der Waals surface area contributed by atoms with Gasteiger partial charge in [-0.3, -0.25) is 4.72 Å². The summed E-state index contributed by atoms with van der Waals surface area (Å²) < 4.78 is 42.4. The Bertz CT molecular complexity index is 743. The van der Waals surface area contributed by atoms with E-state index in [-0.39, 0.29) is 10.7 Å². The predicted molar refractivity (Wildman–Crippen MR) is 77.5 cm³/mol. The molecule has 0 aliphatic heterocycles. The minimum Gasteiger partial charge on any atom is -0.334 e. The topological polar surface area (TPSA) is 64.0 Å². The summed E-state index contributed by atoms with van der Waals surface area (Å²) in [6.45, 7) is 4.20. The fourth-order valence-corrected chi connectivity index (χ4v) is 3.11. The Hall–Kier alpha value is -1.41. The van der Waals surface area contributed by atoms with E-state index < -0.39 is 15.8 Å². The lowest BCUT2D eigenvalue weighted by atomic mass is 10.3. The summed E-state index contributed by atoms with van der Waals surface area (Å²) in [5, 5.41) is -0.126. The van der Waals surface area contributed by atoms with Crippen molar-refractivity contribution < 1.29 is 12.8 Å². The molecule has 1 N–H and O–H groups in total. The molecule has 0 amide bonds. The number of rotatable bonds is 4. The molecule has 108 valence electrons. The van der Waals surface area contributed by atoms with E-state index in [1.54, 1.807) is 17.6 Å². The number of hydrogen-bond donors (Lipinski definition) is 1. The maximum Gasteiger partial charge on any atom is 0.281 e. The molecule has 0 radical (unpaired) electrons. The van der Waals surface area contributed by atoms with Gasteiger partial charge in [0.25, 0.3) is 10.0 Å². The van der Waals surface area contributed by atoms with Gasteiger partial charge < -0.3 is 4.57 Å². The van der Waals surface area contributed by atoms with Gasteiger partial charge in [0, 0.05) is 17.2 Å². The number of nitrogens with one attached hydrogen (secondary N) is 1. The van der Waals surface area contributed by atoms with Gasteiger partial charge in [0.1, 0.15) is 11.6 Å². The first-order chi connectivity index (χ1) is 9.33. The first kappa shape index (κ1) is 15.0. The van der Waals surface area contributed by atoms with Gasteiger partial charge in [-0.25, -0.2) is 9.37 Å². The molecule has 0 atom stereocenters. The molecular weight excluding hydrogens is 349 g/mol. The molecule has 0 bridgehead atoms. The highest BCUT2D eigenvalue weighted by atomic mass is 79.9. The van der Waals surface area contributed by atoms with Crippen molar-refractivity contribution in [2.75, 3.05) is 4.72 Å². The molecule has 0 aliphatic carbocycles. The molecule has 5 nitrogen and oxygen atoms in total. The number of imidazole rings is 1. The maximum absolute atomic E-state index is 13.7. The van der Waals surface area contributed by atoms with Crippen LogP contribution in [0.15, 0.2) is 33.9 Å². The Kier molecular flexibility index (Phi) is 4.14. The molecule has 2 aromatic rings. The van der Waals surface area contributed by atoms with Crippen molar-refractivity contribution in [3.05, 3.63) is 40.5 Å². The van der Waals surface area contributed by atoms with E-state index >= 15 is 0 Å². The monoisotopic (exact) mass is 361 g/mol. The zero-order valence-corrected chi connectivity index (χ0v) is 13.3. The van der Waals surface area contributed by atoms with Crippen molar-refractivity contribution in [2.24, 2.45) is 0 Å². The van der Waals surface area contributed by atoms with Crippen LogP contribution < -0.4 is 4.72 Å². The van der Waals surface area contributed by atoms with Gasteiger partial charge >= 0.3 is 0 Å². The minimum atomic E-state index is -3.90. The summed E-state index contributed by atoms with van der Waals surface area (Å²) in [4.78, 5) is 3.98. The van der Waals surface area contributed by atoms with Gasteiger partial charge in [-0.2, -0.15) is 8.42 Å². The van der Waals surface area contributed by atoms with Crippen molar-refractivity contribution in [3.8, 4) is 0 Å². The van der Waals surface area contributed by atoms with Crippen LogP contribution in [-0.4, -0.2) is 18.0 Å². The number of halogens is 2. The zero-order valence-electron chi connectivity index (χ0n) is 10.9. The van der Waals surface area contributed by atoms with Gasteiger partial charge in [0.05, 0.1) is 5.69 Å². The summed E-state index contributed by atoms with van der Waals surface area (Å²) >= 11 is 3.11. The third-order valence-corrected chi connectivity index (χ3v) is 4.47. The lowest BCUT2D eigenvalue weighted by Gasteiger charge is -2.07. The van der Waals surface area contributed by atoms with Crippen LogP contribution in [0.5, 0.6) is 0 Å². The van der Waals surface area contributed by atoms with Crippen LogP contribution in [0.3, 0.4) is 0 Å². The van der Waals surface area contributed by atoms with Gasteiger partial charge in [-0.05, 0) is 32.0 Å². The molecule has 1 aromatic carbocycles. The number of anilines is 1. The highest BCUT2D eigenvalue weighted by Crippen LogP contribution is 2.22. The van der Waals surface area contributed by atoms with Crippen LogP contribution in [0.25, 0.3) is 0 Å². The molecule has 0 spiro atoms. The number of sulfonamides is 1. The second-order valence-corrected chi connectivity index (χ2v) is 6.69. The molecule has 1 heterocycles. The third kappa shape index (κ3) is 3.01. The number of aromatic nitrogens is 2. The standard InChI is InChI=1S/C12H13BrFN3O2S/c1-3-17-7-12(15-8(17)2)20(18,19)16-11-5-4-9(13)6-10(11)14/h4-7,16H,3H2,1-2H3. The molecule has 2 rings (SSSR count). The average molecular weight is 362 g/mol. The summed E-state index contributed by atoms with van der Waals surface area (Å²) in [5.74, 6) is -0.0706. The molecule has 20 heavy (non-hydrogen) atoms. The normalized spacial score (nSPS) is 11.6. The van der Waals surface area contributed by atoms with E-state index in [2.05, 4.69) is 25.6 Å². The van der Waals surface area contributed by atoms with Crippen molar-refractivity contribution in [2.45, 2.75) is 25.4 Å². The summed E-state index contributed by atoms with van der Waals surface area (Å²) in [5.41, 5.74) is -0.114. The second kappa shape index (κ2) is 5.53. The molecule has 8 heteroatoms. The second-order valence-electron chi connectivity index (χ2n) is 4.14. The summed E-state index contributed by atoms with van der Waals surface area (Å²) in [7, 11) is -3.90. The molecule has 0 fully saturated rings. The van der Waals surface area contributed by atoms with E-state index in [9.17, 15) is 12.8 Å². The smallest absolute Gasteiger partial charge is 0.281 e. The van der Waals surface area contributed by atoms with Crippen molar-refractivity contribution >= 4 is 31.6 Å². The van der Waals surface area contributed by atoms with Crippen molar-refractivity contribution in [1.82, 2.24) is 9.55 Å². The molecular formula is C12H13BrFN3O2S. The molecule has 0 aliphatic rings. The highest BCUT2D eigenvalue weighted by Gasteiger charge is 2.20. The molecule has 0 unspecified atom stereocenters. The number of hydrogen-bond acceptors (Lipinski definition) is 3. The third-order valence-electron chi connectivity index (χ3n) is 2.75. The van der Waals surface area contributed by atoms with Gasteiger partial charge in [0.2, 0.25) is 0 Å². The zero-order chi connectivity index (χ0) is 14.9. The van der Waals surface area contributed by atoms with Crippen molar-refractivity contribution in [1.29, 1.82) is 0 Å². The van der Waals surface area contributed by atoms with Crippen LogP contribution in [0, 0.1) is 12.7 Å². The summed E-state index contributed by atoms with van der Waals surface area (Å²) in [6.07, 6.45) is 1.43. The Labute approximate surface area is 125 Å².